The largest absolute Gasteiger partial charge is 0.408 e. The first kappa shape index (κ1) is 29.8. The summed E-state index contributed by atoms with van der Waals surface area (Å²) in [7, 11) is 0. The van der Waals surface area contributed by atoms with Crippen molar-refractivity contribution in [2.45, 2.75) is 45.8 Å². The van der Waals surface area contributed by atoms with E-state index in [0.717, 1.165) is 10.8 Å². The molecule has 1 aliphatic rings. The van der Waals surface area contributed by atoms with Crippen molar-refractivity contribution < 1.29 is 40.4 Å². The minimum absolute atomic E-state index is 0.0180. The fourth-order valence-corrected chi connectivity index (χ4v) is 4.75. The first-order valence-electron chi connectivity index (χ1n) is 12.9. The molecule has 0 N–H and O–H groups in total. The van der Waals surface area contributed by atoms with Gasteiger partial charge in [-0.25, -0.2) is 31.7 Å². The Bertz CT molecular complexity index is 1560. The highest BCUT2D eigenvalue weighted by Crippen LogP contribution is 2.43. The number of aromatic nitrogens is 3. The molecule has 0 saturated carbocycles. The SMILES string of the molecule is CCCF.C[C@@H]([C@@H]1OC(=O)c2cccc[n+]21)C(C)(C)c1ccccc1-c1nccn1-c1c(F)c(F)c(F)c(F)c1F. The molecule has 5 rings (SSSR count). The Labute approximate surface area is 233 Å². The molecule has 0 saturated heterocycles. The molecule has 0 aliphatic carbocycles. The number of alkyl halides is 1. The van der Waals surface area contributed by atoms with Gasteiger partial charge in [0.05, 0.1) is 12.6 Å². The summed E-state index contributed by atoms with van der Waals surface area (Å²) in [4.78, 5) is 16.6. The van der Waals surface area contributed by atoms with E-state index in [9.17, 15) is 31.1 Å². The molecule has 0 spiro atoms. The molecule has 4 aromatic rings. The van der Waals surface area contributed by atoms with Crippen LogP contribution < -0.4 is 4.57 Å². The predicted molar refractivity (Wildman–Crippen MR) is 138 cm³/mol. The Morgan fingerprint density at radius 3 is 2.20 bits per heavy atom. The zero-order chi connectivity index (χ0) is 30.1. The molecule has 216 valence electrons. The first-order chi connectivity index (χ1) is 19.5. The van der Waals surface area contributed by atoms with E-state index in [1.807, 2.05) is 20.8 Å². The molecule has 0 bridgehead atoms. The van der Waals surface area contributed by atoms with Crippen LogP contribution in [0.15, 0.2) is 61.1 Å². The van der Waals surface area contributed by atoms with Gasteiger partial charge in [-0.3, -0.25) is 8.96 Å². The second-order valence-electron chi connectivity index (χ2n) is 10.1. The van der Waals surface area contributed by atoms with Crippen LogP contribution in [0.3, 0.4) is 0 Å². The second kappa shape index (κ2) is 11.8. The van der Waals surface area contributed by atoms with E-state index in [1.54, 1.807) is 60.2 Å². The molecule has 2 atom stereocenters. The Kier molecular flexibility index (Phi) is 8.55. The summed E-state index contributed by atoms with van der Waals surface area (Å²) in [6, 6.07) is 12.1. The summed E-state index contributed by atoms with van der Waals surface area (Å²) >= 11 is 0. The summed E-state index contributed by atoms with van der Waals surface area (Å²) in [6.45, 7) is 7.36. The number of rotatable bonds is 6. The van der Waals surface area contributed by atoms with Crippen LogP contribution in [0.25, 0.3) is 17.1 Å². The van der Waals surface area contributed by atoms with Crippen molar-refractivity contribution >= 4 is 5.97 Å². The van der Waals surface area contributed by atoms with Gasteiger partial charge in [-0.05, 0) is 18.1 Å². The van der Waals surface area contributed by atoms with Gasteiger partial charge in [0.2, 0.25) is 5.82 Å². The highest BCUT2D eigenvalue weighted by Gasteiger charge is 2.48. The van der Waals surface area contributed by atoms with Gasteiger partial charge >= 0.3 is 12.2 Å². The van der Waals surface area contributed by atoms with Crippen molar-refractivity contribution in [2.24, 2.45) is 5.92 Å². The minimum Gasteiger partial charge on any atom is -0.394 e. The maximum absolute atomic E-state index is 14.7. The van der Waals surface area contributed by atoms with Gasteiger partial charge in [0.1, 0.15) is 11.5 Å². The molecule has 5 nitrogen and oxygen atoms in total. The van der Waals surface area contributed by atoms with E-state index in [1.165, 1.54) is 6.20 Å². The van der Waals surface area contributed by atoms with Crippen molar-refractivity contribution in [3.63, 3.8) is 0 Å². The quantitative estimate of drug-likeness (QED) is 0.0804. The molecule has 0 radical (unpaired) electrons. The number of pyridine rings is 1. The van der Waals surface area contributed by atoms with Crippen molar-refractivity contribution in [1.82, 2.24) is 9.55 Å². The average molecular weight is 577 g/mol. The van der Waals surface area contributed by atoms with E-state index in [0.29, 0.717) is 23.2 Å². The van der Waals surface area contributed by atoms with E-state index in [-0.39, 0.29) is 18.4 Å². The lowest BCUT2D eigenvalue weighted by atomic mass is 9.71. The maximum Gasteiger partial charge on any atom is 0.408 e. The van der Waals surface area contributed by atoms with Gasteiger partial charge in [-0.15, -0.1) is 0 Å². The molecule has 1 aliphatic heterocycles. The summed E-state index contributed by atoms with van der Waals surface area (Å²) in [5, 5.41) is 0. The molecule has 41 heavy (non-hydrogen) atoms. The lowest BCUT2D eigenvalue weighted by Gasteiger charge is -2.34. The molecule has 0 unspecified atom stereocenters. The smallest absolute Gasteiger partial charge is 0.394 e. The van der Waals surface area contributed by atoms with Gasteiger partial charge in [0.25, 0.3) is 5.69 Å². The third kappa shape index (κ3) is 5.20. The summed E-state index contributed by atoms with van der Waals surface area (Å²) < 4.78 is 90.0. The van der Waals surface area contributed by atoms with Crippen LogP contribution in [-0.4, -0.2) is 22.2 Å². The van der Waals surface area contributed by atoms with E-state index in [4.69, 9.17) is 4.74 Å². The van der Waals surface area contributed by atoms with Crippen LogP contribution in [0, 0.1) is 35.0 Å². The van der Waals surface area contributed by atoms with Gasteiger partial charge < -0.3 is 4.74 Å². The number of benzene rings is 2. The second-order valence-corrected chi connectivity index (χ2v) is 10.1. The number of fused-ring (bicyclic) bond motifs is 1. The number of nitrogens with zero attached hydrogens (tertiary/aromatic N) is 3. The Morgan fingerprint density at radius 2 is 1.56 bits per heavy atom. The number of esters is 1. The zero-order valence-corrected chi connectivity index (χ0v) is 22.8. The predicted octanol–water partition coefficient (Wildman–Crippen LogP) is 7.17. The van der Waals surface area contributed by atoms with Crippen LogP contribution in [-0.2, 0) is 10.2 Å². The molecule has 0 fully saturated rings. The van der Waals surface area contributed by atoms with E-state index >= 15 is 0 Å². The van der Waals surface area contributed by atoms with Gasteiger partial charge in [0.15, 0.2) is 29.5 Å². The molecule has 3 heterocycles. The van der Waals surface area contributed by atoms with Crippen LogP contribution >= 0.6 is 0 Å². The highest BCUT2D eigenvalue weighted by atomic mass is 19.2. The normalized spacial score (nSPS) is 15.2. The van der Waals surface area contributed by atoms with Gasteiger partial charge in [-0.2, -0.15) is 4.57 Å². The minimum atomic E-state index is -2.24. The fourth-order valence-electron chi connectivity index (χ4n) is 4.75. The zero-order valence-electron chi connectivity index (χ0n) is 22.8. The van der Waals surface area contributed by atoms with E-state index in [2.05, 4.69) is 4.98 Å². The lowest BCUT2D eigenvalue weighted by Crippen LogP contribution is -2.46. The first-order valence-corrected chi connectivity index (χ1v) is 12.9. The van der Waals surface area contributed by atoms with Crippen molar-refractivity contribution in [3.05, 3.63) is 101 Å². The number of cyclic esters (lactones) is 1. The third-order valence-corrected chi connectivity index (χ3v) is 7.29. The molecular weight excluding hydrogens is 548 g/mol. The van der Waals surface area contributed by atoms with Crippen LogP contribution in [0.2, 0.25) is 0 Å². The summed E-state index contributed by atoms with van der Waals surface area (Å²) in [5.74, 6) is -11.1. The Morgan fingerprint density at radius 1 is 0.976 bits per heavy atom. The van der Waals surface area contributed by atoms with E-state index < -0.39 is 52.4 Å². The monoisotopic (exact) mass is 576 g/mol. The number of hydrogen-bond donors (Lipinski definition) is 0. The maximum atomic E-state index is 14.7. The van der Waals surface area contributed by atoms with Crippen molar-refractivity contribution in [1.29, 1.82) is 0 Å². The standard InChI is InChI=1S/C27H21F5N3O2.C3H7F/c1-14(25-34-12-7-6-10-17(34)26(36)37-25)27(2,3)16-9-5-4-8-15(16)24-33-11-13-35(24)23-21(31)19(29)18(28)20(30)22(23)32;1-2-3-4/h4-14,25H,1-3H3;2-3H2,1H3/q+1;/t14-,25-;/m0./s1. The van der Waals surface area contributed by atoms with Crippen molar-refractivity contribution in [3.8, 4) is 17.1 Å². The number of ether oxygens (including phenoxy) is 1. The molecule has 2 aromatic carbocycles. The summed E-state index contributed by atoms with van der Waals surface area (Å²) in [5.41, 5.74) is -0.362. The third-order valence-electron chi connectivity index (χ3n) is 7.29. The van der Waals surface area contributed by atoms with Crippen LogP contribution in [0.4, 0.5) is 26.3 Å². The van der Waals surface area contributed by atoms with Crippen LogP contribution in [0.5, 0.6) is 0 Å². The molecule has 2 aromatic heterocycles. The number of imidazole rings is 1. The van der Waals surface area contributed by atoms with Gasteiger partial charge in [0, 0.05) is 35.5 Å². The Balaban J connectivity index is 0.000000909. The van der Waals surface area contributed by atoms with Gasteiger partial charge in [-0.1, -0.05) is 52.0 Å². The van der Waals surface area contributed by atoms with Crippen LogP contribution in [0.1, 0.15) is 56.4 Å². The number of carbonyl (C=O) groups excluding carboxylic acids is 1. The lowest BCUT2D eigenvalue weighted by molar-refractivity contribution is -0.752. The number of carbonyl (C=O) groups is 1. The molecular formula is C30H28F6N3O2+. The molecule has 0 amide bonds. The fraction of sp³-hybridized carbons (Fsp3) is 0.300. The summed E-state index contributed by atoms with van der Waals surface area (Å²) in [6.07, 6.45) is 4.11. The molecule has 11 heteroatoms. The number of hydrogen-bond acceptors (Lipinski definition) is 3. The van der Waals surface area contributed by atoms with Crippen molar-refractivity contribution in [2.75, 3.05) is 6.67 Å². The highest BCUT2D eigenvalue weighted by molar-refractivity contribution is 5.86. The number of halogens is 6. The topological polar surface area (TPSA) is 48.0 Å². The Hall–Kier alpha value is -4.15. The average Bonchev–Trinajstić information content (AvgIpc) is 3.59.